The number of hydrogen-bond donors (Lipinski definition) is 1. The topological polar surface area (TPSA) is 46.0 Å². The summed E-state index contributed by atoms with van der Waals surface area (Å²) >= 11 is 0. The van der Waals surface area contributed by atoms with Gasteiger partial charge in [0.25, 0.3) is 0 Å². The molecule has 0 bridgehead atoms. The molecule has 1 aromatic heterocycles. The van der Waals surface area contributed by atoms with Gasteiger partial charge >= 0.3 is 0 Å². The van der Waals surface area contributed by atoms with E-state index < -0.39 is 0 Å². The van der Waals surface area contributed by atoms with Crippen molar-refractivity contribution in [3.05, 3.63) is 5.69 Å². The van der Waals surface area contributed by atoms with Crippen LogP contribution in [0.15, 0.2) is 0 Å². The van der Waals surface area contributed by atoms with Gasteiger partial charge in [0, 0.05) is 6.54 Å². The van der Waals surface area contributed by atoms with E-state index in [1.54, 1.807) is 0 Å². The molecule has 0 aliphatic carbocycles. The molecule has 0 amide bonds. The minimum atomic E-state index is -0.296. The molecule has 2 heterocycles. The lowest BCUT2D eigenvalue weighted by atomic mass is 10.3. The zero-order chi connectivity index (χ0) is 11.5. The van der Waals surface area contributed by atoms with Crippen LogP contribution in [0.1, 0.15) is 19.0 Å². The van der Waals surface area contributed by atoms with Crippen LogP contribution < -0.4 is 5.32 Å². The smallest absolute Gasteiger partial charge is 0.174 e. The third-order valence-electron chi connectivity index (χ3n) is 2.46. The number of nitrogens with one attached hydrogen (secondary N) is 1. The summed E-state index contributed by atoms with van der Waals surface area (Å²) in [4.78, 5) is 2.39. The van der Waals surface area contributed by atoms with Crippen molar-refractivity contribution in [2.75, 3.05) is 18.5 Å². The van der Waals surface area contributed by atoms with E-state index in [2.05, 4.69) is 49.8 Å². The molecular weight excluding hydrogens is 278 g/mol. The molecule has 0 radical (unpaired) electrons. The minimum Gasteiger partial charge on any atom is -0.354 e. The summed E-state index contributed by atoms with van der Waals surface area (Å²) < 4.78 is 2.08. The number of aromatic nitrogens is 3. The van der Waals surface area contributed by atoms with Gasteiger partial charge in [0.2, 0.25) is 0 Å². The molecule has 5 nitrogen and oxygen atoms in total. The van der Waals surface area contributed by atoms with Crippen molar-refractivity contribution >= 4 is 39.1 Å². The summed E-state index contributed by atoms with van der Waals surface area (Å²) in [5.74, 6) is 0.963. The average Bonchev–Trinajstić information content (AvgIpc) is 2.71. The Morgan fingerprint density at radius 1 is 1.62 bits per heavy atom. The molecule has 1 aliphatic heterocycles. The SMILES string of the molecule is CCCN1CNc2nnn(P(P)PP)c2C1. The second kappa shape index (κ2) is 5.98. The first-order valence-corrected chi connectivity index (χ1v) is 11.7. The highest BCUT2D eigenvalue weighted by molar-refractivity contribution is 8.60. The van der Waals surface area contributed by atoms with Crippen LogP contribution in [0.3, 0.4) is 0 Å². The lowest BCUT2D eigenvalue weighted by Gasteiger charge is -2.27. The van der Waals surface area contributed by atoms with Crippen LogP contribution in [0.25, 0.3) is 0 Å². The third kappa shape index (κ3) is 2.71. The fraction of sp³-hybridized carbons (Fsp3) is 0.714. The molecule has 0 spiro atoms. The second-order valence-corrected chi connectivity index (χ2v) is 12.5. The summed E-state index contributed by atoms with van der Waals surface area (Å²) in [6, 6.07) is 0. The van der Waals surface area contributed by atoms with Gasteiger partial charge in [-0.2, -0.15) is 0 Å². The Bertz CT molecular complexity index is 357. The van der Waals surface area contributed by atoms with Crippen molar-refractivity contribution in [1.29, 1.82) is 0 Å². The molecule has 0 fully saturated rings. The van der Waals surface area contributed by atoms with Gasteiger partial charge in [0.05, 0.1) is 14.1 Å². The van der Waals surface area contributed by atoms with E-state index in [0.29, 0.717) is 0 Å². The fourth-order valence-corrected chi connectivity index (χ4v) is 4.73. The van der Waals surface area contributed by atoms with E-state index in [9.17, 15) is 0 Å². The molecule has 1 aromatic rings. The van der Waals surface area contributed by atoms with Gasteiger partial charge in [-0.25, -0.2) is 4.45 Å². The zero-order valence-electron chi connectivity index (χ0n) is 9.22. The van der Waals surface area contributed by atoms with Gasteiger partial charge < -0.3 is 5.32 Å². The highest BCUT2D eigenvalue weighted by Crippen LogP contribution is 2.66. The first-order chi connectivity index (χ1) is 7.76. The van der Waals surface area contributed by atoms with Crippen LogP contribution in [0.4, 0.5) is 5.82 Å². The molecule has 4 atom stereocenters. The maximum absolute atomic E-state index is 4.24. The Balaban J connectivity index is 2.17. The minimum absolute atomic E-state index is 0.296. The van der Waals surface area contributed by atoms with Crippen LogP contribution in [0.5, 0.6) is 0 Å². The van der Waals surface area contributed by atoms with Crippen molar-refractivity contribution in [2.45, 2.75) is 19.9 Å². The van der Waals surface area contributed by atoms with Crippen LogP contribution in [0, 0.1) is 0 Å². The van der Waals surface area contributed by atoms with Crippen molar-refractivity contribution in [2.24, 2.45) is 0 Å². The molecule has 9 heteroatoms. The maximum Gasteiger partial charge on any atom is 0.174 e. The molecule has 16 heavy (non-hydrogen) atoms. The van der Waals surface area contributed by atoms with Crippen molar-refractivity contribution in [3.8, 4) is 0 Å². The highest BCUT2D eigenvalue weighted by atomic mass is 32.6. The Hall–Kier alpha value is 0.620. The Kier molecular flexibility index (Phi) is 4.89. The molecule has 0 aromatic carbocycles. The Morgan fingerprint density at radius 3 is 3.12 bits per heavy atom. The zero-order valence-corrected chi connectivity index (χ0v) is 13.4. The fourth-order valence-electron chi connectivity index (χ4n) is 1.73. The van der Waals surface area contributed by atoms with E-state index >= 15 is 0 Å². The lowest BCUT2D eigenvalue weighted by molar-refractivity contribution is 0.272. The molecule has 1 aliphatic rings. The first kappa shape index (κ1) is 13.1. The number of fused-ring (bicyclic) bond motifs is 1. The van der Waals surface area contributed by atoms with Gasteiger partial charge in [-0.05, 0) is 20.9 Å². The van der Waals surface area contributed by atoms with Gasteiger partial charge in [-0.3, -0.25) is 4.90 Å². The number of hydrogen-bond acceptors (Lipinski definition) is 4. The summed E-state index contributed by atoms with van der Waals surface area (Å²) in [7, 11) is 6.18. The van der Waals surface area contributed by atoms with Crippen molar-refractivity contribution in [1.82, 2.24) is 19.7 Å². The molecule has 90 valence electrons. The van der Waals surface area contributed by atoms with Crippen molar-refractivity contribution in [3.63, 3.8) is 0 Å². The van der Waals surface area contributed by atoms with E-state index in [-0.39, 0.29) is 7.45 Å². The number of anilines is 1. The summed E-state index contributed by atoms with van der Waals surface area (Å²) in [6.07, 6.45) is 1.18. The van der Waals surface area contributed by atoms with E-state index in [0.717, 1.165) is 33.5 Å². The predicted octanol–water partition coefficient (Wildman–Crippen LogP) is 2.29. The monoisotopic (exact) mass is 295 g/mol. The van der Waals surface area contributed by atoms with Crippen LogP contribution in [-0.4, -0.2) is 32.9 Å². The Labute approximate surface area is 103 Å². The quantitative estimate of drug-likeness (QED) is 0.866. The Morgan fingerprint density at radius 2 is 2.44 bits per heavy atom. The first-order valence-electron chi connectivity index (χ1n) is 5.18. The van der Waals surface area contributed by atoms with Crippen LogP contribution in [-0.2, 0) is 6.54 Å². The van der Waals surface area contributed by atoms with E-state index in [1.807, 2.05) is 0 Å². The number of rotatable bonds is 4. The predicted molar refractivity (Wildman–Crippen MR) is 79.3 cm³/mol. The lowest BCUT2D eigenvalue weighted by Crippen LogP contribution is -2.34. The van der Waals surface area contributed by atoms with Gasteiger partial charge in [-0.15, -0.1) is 14.0 Å². The average molecular weight is 295 g/mol. The maximum atomic E-state index is 4.24. The second-order valence-electron chi connectivity index (χ2n) is 3.64. The van der Waals surface area contributed by atoms with Gasteiger partial charge in [0.15, 0.2) is 5.82 Å². The molecule has 1 N–H and O–H groups in total. The molecular formula is C7H17N5P4. The highest BCUT2D eigenvalue weighted by Gasteiger charge is 2.23. The molecule has 0 saturated heterocycles. The largest absolute Gasteiger partial charge is 0.354 e. The summed E-state index contributed by atoms with van der Waals surface area (Å²) in [5, 5.41) is 11.8. The molecule has 4 unspecified atom stereocenters. The van der Waals surface area contributed by atoms with Crippen molar-refractivity contribution < 1.29 is 0 Å². The van der Waals surface area contributed by atoms with Crippen LogP contribution >= 0.6 is 33.3 Å². The standard InChI is InChI=1S/C7H17N5P4/c1-2-3-11-4-6-7(8-5-11)9-10-12(6)16(14)15-13/h8,15H,2-5,13-14H2,1H3. The molecule has 0 saturated carbocycles. The summed E-state index contributed by atoms with van der Waals surface area (Å²) in [6.45, 7) is 5.18. The normalized spacial score (nSPS) is 18.7. The van der Waals surface area contributed by atoms with Gasteiger partial charge in [-0.1, -0.05) is 21.1 Å². The van der Waals surface area contributed by atoms with Crippen LogP contribution in [0.2, 0.25) is 0 Å². The number of nitrogens with zero attached hydrogens (tertiary/aromatic N) is 4. The molecule has 2 rings (SSSR count). The van der Waals surface area contributed by atoms with Gasteiger partial charge in [0.1, 0.15) is 5.69 Å². The summed E-state index contributed by atoms with van der Waals surface area (Å²) in [5.41, 5.74) is 1.23. The van der Waals surface area contributed by atoms with E-state index in [1.165, 1.54) is 12.1 Å². The third-order valence-corrected chi connectivity index (χ3v) is 11.9. The van der Waals surface area contributed by atoms with E-state index in [4.69, 9.17) is 0 Å².